The number of rotatable bonds is 3. The zero-order valence-corrected chi connectivity index (χ0v) is 13.8. The van der Waals surface area contributed by atoms with Crippen molar-refractivity contribution < 1.29 is 9.59 Å². The minimum absolute atomic E-state index is 0.0999. The number of carbonyl (C=O) groups excluding carboxylic acids is 2. The number of hydrogen-bond acceptors (Lipinski definition) is 3. The van der Waals surface area contributed by atoms with Crippen LogP contribution in [0.3, 0.4) is 0 Å². The number of aromatic nitrogens is 1. The number of hydrogen-bond donors (Lipinski definition) is 0. The Kier molecular flexibility index (Phi) is 4.64. The van der Waals surface area contributed by atoms with Gasteiger partial charge < -0.3 is 9.80 Å². The summed E-state index contributed by atoms with van der Waals surface area (Å²) < 4.78 is 0. The Morgan fingerprint density at radius 3 is 2.35 bits per heavy atom. The summed E-state index contributed by atoms with van der Waals surface area (Å²) in [4.78, 5) is 33.1. The lowest BCUT2D eigenvalue weighted by Gasteiger charge is -2.38. The molecule has 23 heavy (non-hydrogen) atoms. The fraction of sp³-hybridized carbons (Fsp3) is 0.611. The molecule has 1 aromatic heterocycles. The van der Waals surface area contributed by atoms with Gasteiger partial charge in [-0.2, -0.15) is 0 Å². The highest BCUT2D eigenvalue weighted by molar-refractivity contribution is 5.83. The average molecular weight is 315 g/mol. The van der Waals surface area contributed by atoms with Crippen LogP contribution in [0.5, 0.6) is 0 Å². The van der Waals surface area contributed by atoms with Crippen molar-refractivity contribution in [2.45, 2.75) is 39.0 Å². The Balaban J connectivity index is 1.52. The molecule has 0 N–H and O–H groups in total. The largest absolute Gasteiger partial charge is 0.339 e. The zero-order chi connectivity index (χ0) is 16.3. The van der Waals surface area contributed by atoms with Gasteiger partial charge in [-0.15, -0.1) is 0 Å². The lowest BCUT2D eigenvalue weighted by molar-refractivity contribution is -0.146. The summed E-state index contributed by atoms with van der Waals surface area (Å²) in [5.74, 6) is 0.384. The van der Waals surface area contributed by atoms with Gasteiger partial charge in [-0.1, -0.05) is 25.8 Å². The van der Waals surface area contributed by atoms with Gasteiger partial charge in [0.25, 0.3) is 0 Å². The summed E-state index contributed by atoms with van der Waals surface area (Å²) >= 11 is 0. The number of pyridine rings is 1. The van der Waals surface area contributed by atoms with Crippen LogP contribution in [0.4, 0.5) is 0 Å². The summed E-state index contributed by atoms with van der Waals surface area (Å²) in [5, 5.41) is 0. The SMILES string of the molecule is CC1(C(=O)N2CCN(C(=O)Cc3ccccn3)CC2)CCCC1. The minimum atomic E-state index is -0.167. The number of amides is 2. The minimum Gasteiger partial charge on any atom is -0.339 e. The van der Waals surface area contributed by atoms with Crippen molar-refractivity contribution in [3.8, 4) is 0 Å². The van der Waals surface area contributed by atoms with Gasteiger partial charge in [-0.05, 0) is 25.0 Å². The highest BCUT2D eigenvalue weighted by Gasteiger charge is 2.40. The molecule has 2 fully saturated rings. The van der Waals surface area contributed by atoms with E-state index in [0.717, 1.165) is 31.4 Å². The molecule has 0 atom stereocenters. The van der Waals surface area contributed by atoms with Gasteiger partial charge in [0.2, 0.25) is 11.8 Å². The first-order valence-corrected chi connectivity index (χ1v) is 8.56. The Bertz CT molecular complexity index is 559. The van der Waals surface area contributed by atoms with Crippen molar-refractivity contribution in [2.24, 2.45) is 5.41 Å². The van der Waals surface area contributed by atoms with E-state index in [0.29, 0.717) is 32.6 Å². The van der Waals surface area contributed by atoms with Gasteiger partial charge in [0.15, 0.2) is 0 Å². The average Bonchev–Trinajstić information content (AvgIpc) is 3.03. The van der Waals surface area contributed by atoms with E-state index in [2.05, 4.69) is 11.9 Å². The van der Waals surface area contributed by atoms with Crippen LogP contribution in [0.15, 0.2) is 24.4 Å². The maximum Gasteiger partial charge on any atom is 0.228 e. The van der Waals surface area contributed by atoms with Crippen LogP contribution >= 0.6 is 0 Å². The molecule has 1 aromatic rings. The molecule has 5 nitrogen and oxygen atoms in total. The fourth-order valence-corrected chi connectivity index (χ4v) is 3.68. The molecule has 1 saturated carbocycles. The third kappa shape index (κ3) is 3.54. The smallest absolute Gasteiger partial charge is 0.228 e. The molecule has 0 bridgehead atoms. The summed E-state index contributed by atoms with van der Waals surface area (Å²) in [6.45, 7) is 4.67. The van der Waals surface area contributed by atoms with Gasteiger partial charge in [-0.25, -0.2) is 0 Å². The molecule has 0 radical (unpaired) electrons. The van der Waals surface area contributed by atoms with Crippen LogP contribution in [0, 0.1) is 5.41 Å². The van der Waals surface area contributed by atoms with Crippen molar-refractivity contribution in [3.63, 3.8) is 0 Å². The van der Waals surface area contributed by atoms with Gasteiger partial charge in [-0.3, -0.25) is 14.6 Å². The Labute approximate surface area is 137 Å². The summed E-state index contributed by atoms with van der Waals surface area (Å²) in [6, 6.07) is 5.62. The van der Waals surface area contributed by atoms with Crippen LogP contribution in [0.1, 0.15) is 38.3 Å². The fourth-order valence-electron chi connectivity index (χ4n) is 3.68. The third-order valence-corrected chi connectivity index (χ3v) is 5.20. The normalized spacial score (nSPS) is 20.6. The second kappa shape index (κ2) is 6.69. The molecule has 124 valence electrons. The van der Waals surface area contributed by atoms with Gasteiger partial charge >= 0.3 is 0 Å². The van der Waals surface area contributed by atoms with E-state index >= 15 is 0 Å². The zero-order valence-electron chi connectivity index (χ0n) is 13.8. The highest BCUT2D eigenvalue weighted by Crippen LogP contribution is 2.39. The topological polar surface area (TPSA) is 53.5 Å². The predicted octanol–water partition coefficient (Wildman–Crippen LogP) is 1.88. The molecule has 3 rings (SSSR count). The standard InChI is InChI=1S/C18H25N3O2/c1-18(7-3-4-8-18)17(23)21-12-10-20(11-13-21)16(22)14-15-6-2-5-9-19-15/h2,5-6,9H,3-4,7-8,10-14H2,1H3. The molecule has 0 aromatic carbocycles. The van der Waals surface area contributed by atoms with Gasteiger partial charge in [0.1, 0.15) is 0 Å². The van der Waals surface area contributed by atoms with E-state index in [1.807, 2.05) is 28.0 Å². The summed E-state index contributed by atoms with van der Waals surface area (Å²) in [6.07, 6.45) is 6.37. The molecule has 0 spiro atoms. The van der Waals surface area contributed by atoms with Crippen molar-refractivity contribution in [3.05, 3.63) is 30.1 Å². The van der Waals surface area contributed by atoms with E-state index in [1.165, 1.54) is 0 Å². The predicted molar refractivity (Wildman–Crippen MR) is 87.7 cm³/mol. The maximum absolute atomic E-state index is 12.7. The first-order valence-electron chi connectivity index (χ1n) is 8.56. The Hall–Kier alpha value is -1.91. The molecule has 1 aliphatic heterocycles. The molecule has 2 heterocycles. The second-order valence-corrected chi connectivity index (χ2v) is 6.94. The monoisotopic (exact) mass is 315 g/mol. The second-order valence-electron chi connectivity index (χ2n) is 6.94. The number of piperazine rings is 1. The summed E-state index contributed by atoms with van der Waals surface area (Å²) in [5.41, 5.74) is 0.634. The molecule has 5 heteroatoms. The first kappa shape index (κ1) is 16.0. The molecule has 1 aliphatic carbocycles. The van der Waals surface area contributed by atoms with Crippen LogP contribution in [-0.4, -0.2) is 52.8 Å². The van der Waals surface area contributed by atoms with E-state index in [1.54, 1.807) is 6.20 Å². The van der Waals surface area contributed by atoms with Crippen molar-refractivity contribution in [2.75, 3.05) is 26.2 Å². The number of carbonyl (C=O) groups is 2. The van der Waals surface area contributed by atoms with Gasteiger partial charge in [0.05, 0.1) is 6.42 Å². The Morgan fingerprint density at radius 2 is 1.74 bits per heavy atom. The quantitative estimate of drug-likeness (QED) is 0.856. The molecular weight excluding hydrogens is 290 g/mol. The van der Waals surface area contributed by atoms with Crippen LogP contribution in [0.2, 0.25) is 0 Å². The van der Waals surface area contributed by atoms with Gasteiger partial charge in [0, 0.05) is 43.5 Å². The van der Waals surface area contributed by atoms with Crippen LogP contribution in [-0.2, 0) is 16.0 Å². The van der Waals surface area contributed by atoms with E-state index in [-0.39, 0.29) is 17.2 Å². The lowest BCUT2D eigenvalue weighted by atomic mass is 9.87. The molecule has 0 unspecified atom stereocenters. The van der Waals surface area contributed by atoms with Crippen molar-refractivity contribution in [1.82, 2.24) is 14.8 Å². The van der Waals surface area contributed by atoms with Crippen LogP contribution < -0.4 is 0 Å². The molecule has 2 aliphatic rings. The molecule has 2 amide bonds. The third-order valence-electron chi connectivity index (χ3n) is 5.20. The first-order chi connectivity index (χ1) is 11.1. The van der Waals surface area contributed by atoms with E-state index in [9.17, 15) is 9.59 Å². The Morgan fingerprint density at radius 1 is 1.09 bits per heavy atom. The lowest BCUT2D eigenvalue weighted by Crippen LogP contribution is -2.53. The summed E-state index contributed by atoms with van der Waals surface area (Å²) in [7, 11) is 0. The molecule has 1 saturated heterocycles. The number of nitrogens with zero attached hydrogens (tertiary/aromatic N) is 3. The highest BCUT2D eigenvalue weighted by atomic mass is 16.2. The van der Waals surface area contributed by atoms with E-state index < -0.39 is 0 Å². The van der Waals surface area contributed by atoms with Crippen molar-refractivity contribution >= 4 is 11.8 Å². The van der Waals surface area contributed by atoms with E-state index in [4.69, 9.17) is 0 Å². The van der Waals surface area contributed by atoms with Crippen LogP contribution in [0.25, 0.3) is 0 Å². The maximum atomic E-state index is 12.7. The molecular formula is C18H25N3O2. The van der Waals surface area contributed by atoms with Crippen molar-refractivity contribution in [1.29, 1.82) is 0 Å².